The molecule has 1 atom stereocenters. The Morgan fingerprint density at radius 1 is 1.34 bits per heavy atom. The van der Waals surface area contributed by atoms with Gasteiger partial charge in [-0.3, -0.25) is 9.69 Å². The summed E-state index contributed by atoms with van der Waals surface area (Å²) in [5.41, 5.74) is 2.20. The maximum atomic E-state index is 12.3. The average molecular weight is 418 g/mol. The highest BCUT2D eigenvalue weighted by Gasteiger charge is 2.21. The van der Waals surface area contributed by atoms with Crippen LogP contribution in [0.4, 0.5) is 0 Å². The van der Waals surface area contributed by atoms with E-state index in [1.54, 1.807) is 0 Å². The molecule has 1 aliphatic heterocycles. The van der Waals surface area contributed by atoms with Crippen LogP contribution in [-0.4, -0.2) is 70.2 Å². The lowest BCUT2D eigenvalue weighted by Gasteiger charge is -2.33. The maximum absolute atomic E-state index is 12.3. The van der Waals surface area contributed by atoms with Gasteiger partial charge in [0.15, 0.2) is 11.0 Å². The van der Waals surface area contributed by atoms with Gasteiger partial charge in [0.05, 0.1) is 18.5 Å². The van der Waals surface area contributed by atoms with Gasteiger partial charge in [-0.05, 0) is 18.4 Å². The third-order valence-electron chi connectivity index (χ3n) is 4.93. The number of ether oxygens (including phenoxy) is 1. The lowest BCUT2D eigenvalue weighted by Crippen LogP contribution is -2.48. The molecule has 1 saturated heterocycles. The molecule has 2 aromatic rings. The molecule has 1 aromatic carbocycles. The van der Waals surface area contributed by atoms with Crippen molar-refractivity contribution in [2.24, 2.45) is 13.0 Å². The molecule has 158 valence electrons. The number of carbonyl (C=O) groups is 1. The number of nitrogens with zero attached hydrogens (tertiary/aromatic N) is 4. The van der Waals surface area contributed by atoms with E-state index in [9.17, 15) is 4.79 Å². The predicted molar refractivity (Wildman–Crippen MR) is 116 cm³/mol. The van der Waals surface area contributed by atoms with Gasteiger partial charge < -0.3 is 14.6 Å². The Morgan fingerprint density at radius 3 is 2.90 bits per heavy atom. The van der Waals surface area contributed by atoms with E-state index in [4.69, 9.17) is 4.74 Å². The number of aryl methyl sites for hydroxylation is 1. The van der Waals surface area contributed by atoms with E-state index in [2.05, 4.69) is 47.3 Å². The minimum atomic E-state index is -0.0139. The summed E-state index contributed by atoms with van der Waals surface area (Å²) in [5.74, 6) is 1.74. The number of benzene rings is 1. The van der Waals surface area contributed by atoms with Crippen molar-refractivity contribution in [3.8, 4) is 11.4 Å². The Labute approximate surface area is 177 Å². The molecule has 0 bridgehead atoms. The lowest BCUT2D eigenvalue weighted by molar-refractivity contribution is -0.119. The van der Waals surface area contributed by atoms with Crippen LogP contribution >= 0.6 is 11.8 Å². The number of amides is 1. The van der Waals surface area contributed by atoms with E-state index in [0.717, 1.165) is 48.3 Å². The largest absolute Gasteiger partial charge is 0.374 e. The second kappa shape index (κ2) is 10.2. The van der Waals surface area contributed by atoms with Crippen molar-refractivity contribution >= 4 is 17.7 Å². The number of thioether (sulfide) groups is 1. The van der Waals surface area contributed by atoms with Gasteiger partial charge in [0.1, 0.15) is 0 Å². The first-order chi connectivity index (χ1) is 13.9. The van der Waals surface area contributed by atoms with Crippen molar-refractivity contribution in [3.05, 3.63) is 29.8 Å². The zero-order valence-corrected chi connectivity index (χ0v) is 18.5. The summed E-state index contributed by atoms with van der Waals surface area (Å²) in [6.45, 7) is 10.7. The van der Waals surface area contributed by atoms with Gasteiger partial charge in [0, 0.05) is 38.8 Å². The Morgan fingerprint density at radius 2 is 2.14 bits per heavy atom. The van der Waals surface area contributed by atoms with E-state index >= 15 is 0 Å². The first-order valence-corrected chi connectivity index (χ1v) is 11.1. The topological polar surface area (TPSA) is 72.3 Å². The normalized spacial score (nSPS) is 17.6. The van der Waals surface area contributed by atoms with Crippen molar-refractivity contribution < 1.29 is 9.53 Å². The number of hydrogen-bond acceptors (Lipinski definition) is 6. The molecular formula is C21H31N5O2S. The highest BCUT2D eigenvalue weighted by molar-refractivity contribution is 7.99. The molecule has 2 heterocycles. The van der Waals surface area contributed by atoms with Gasteiger partial charge in [0.25, 0.3) is 0 Å². The van der Waals surface area contributed by atoms with Crippen LogP contribution in [-0.2, 0) is 16.6 Å². The number of morpholine rings is 1. The minimum Gasteiger partial charge on any atom is -0.374 e. The summed E-state index contributed by atoms with van der Waals surface area (Å²) < 4.78 is 7.73. The van der Waals surface area contributed by atoms with Gasteiger partial charge >= 0.3 is 0 Å². The SMILES string of the molecule is Cc1ccccc1-c1nnc(SCC(=O)NCC2CN(CC(C)C)CCO2)n1C. The molecule has 0 aliphatic carbocycles. The van der Waals surface area contributed by atoms with Gasteiger partial charge in [-0.15, -0.1) is 10.2 Å². The molecule has 1 amide bonds. The van der Waals surface area contributed by atoms with Crippen LogP contribution in [0.1, 0.15) is 19.4 Å². The molecule has 1 N–H and O–H groups in total. The molecule has 1 fully saturated rings. The lowest BCUT2D eigenvalue weighted by atomic mass is 10.1. The molecule has 0 spiro atoms. The summed E-state index contributed by atoms with van der Waals surface area (Å²) >= 11 is 1.40. The van der Waals surface area contributed by atoms with Gasteiger partial charge in [-0.1, -0.05) is 49.9 Å². The molecule has 1 aromatic heterocycles. The number of hydrogen-bond donors (Lipinski definition) is 1. The van der Waals surface area contributed by atoms with Crippen molar-refractivity contribution in [3.63, 3.8) is 0 Å². The van der Waals surface area contributed by atoms with Crippen LogP contribution in [0, 0.1) is 12.8 Å². The van der Waals surface area contributed by atoms with E-state index in [1.807, 2.05) is 29.8 Å². The summed E-state index contributed by atoms with van der Waals surface area (Å²) in [6.07, 6.45) is 0.0546. The van der Waals surface area contributed by atoms with Crippen LogP contribution < -0.4 is 5.32 Å². The standard InChI is InChI=1S/C21H31N5O2S/c1-15(2)12-26-9-10-28-17(13-26)11-22-19(27)14-29-21-24-23-20(25(21)4)18-8-6-5-7-16(18)3/h5-8,15,17H,9-14H2,1-4H3,(H,22,27). The predicted octanol–water partition coefficient (Wildman–Crippen LogP) is 2.36. The van der Waals surface area contributed by atoms with E-state index in [1.165, 1.54) is 11.8 Å². The van der Waals surface area contributed by atoms with Crippen LogP contribution in [0.2, 0.25) is 0 Å². The third-order valence-corrected chi connectivity index (χ3v) is 5.95. The fraction of sp³-hybridized carbons (Fsp3) is 0.571. The van der Waals surface area contributed by atoms with E-state index in [0.29, 0.717) is 18.2 Å². The van der Waals surface area contributed by atoms with Crippen molar-refractivity contribution in [2.45, 2.75) is 32.0 Å². The second-order valence-electron chi connectivity index (χ2n) is 7.92. The van der Waals surface area contributed by atoms with Crippen LogP contribution in [0.25, 0.3) is 11.4 Å². The Bertz CT molecular complexity index is 823. The molecule has 0 saturated carbocycles. The summed E-state index contributed by atoms with van der Waals surface area (Å²) in [4.78, 5) is 14.7. The van der Waals surface area contributed by atoms with Gasteiger partial charge in [-0.25, -0.2) is 0 Å². The van der Waals surface area contributed by atoms with Crippen LogP contribution in [0.3, 0.4) is 0 Å². The van der Waals surface area contributed by atoms with E-state index in [-0.39, 0.29) is 12.0 Å². The zero-order chi connectivity index (χ0) is 20.8. The fourth-order valence-electron chi connectivity index (χ4n) is 3.49. The monoisotopic (exact) mass is 417 g/mol. The molecule has 8 heteroatoms. The number of rotatable bonds is 8. The minimum absolute atomic E-state index is 0.0139. The van der Waals surface area contributed by atoms with E-state index < -0.39 is 0 Å². The van der Waals surface area contributed by atoms with Gasteiger partial charge in [0.2, 0.25) is 5.91 Å². The molecule has 1 aliphatic rings. The second-order valence-corrected chi connectivity index (χ2v) is 8.86. The first kappa shape index (κ1) is 21.8. The molecule has 29 heavy (non-hydrogen) atoms. The van der Waals surface area contributed by atoms with Crippen LogP contribution in [0.5, 0.6) is 0 Å². The quantitative estimate of drug-likeness (QED) is 0.665. The summed E-state index contributed by atoms with van der Waals surface area (Å²) in [5, 5.41) is 12.3. The molecular weight excluding hydrogens is 386 g/mol. The van der Waals surface area contributed by atoms with Crippen molar-refractivity contribution in [1.29, 1.82) is 0 Å². The Hall–Kier alpha value is -1.90. The van der Waals surface area contributed by atoms with Crippen LogP contribution in [0.15, 0.2) is 29.4 Å². The smallest absolute Gasteiger partial charge is 0.230 e. The van der Waals surface area contributed by atoms with Crippen molar-refractivity contribution in [1.82, 2.24) is 25.0 Å². The highest BCUT2D eigenvalue weighted by Crippen LogP contribution is 2.24. The average Bonchev–Trinajstić information content (AvgIpc) is 3.05. The fourth-order valence-corrected chi connectivity index (χ4v) is 4.23. The molecule has 3 rings (SSSR count). The summed E-state index contributed by atoms with van der Waals surface area (Å²) in [6, 6.07) is 8.09. The molecule has 0 radical (unpaired) electrons. The Balaban J connectivity index is 1.47. The van der Waals surface area contributed by atoms with Gasteiger partial charge in [-0.2, -0.15) is 0 Å². The molecule has 7 nitrogen and oxygen atoms in total. The first-order valence-electron chi connectivity index (χ1n) is 10.1. The third kappa shape index (κ3) is 6.04. The molecule has 1 unspecified atom stereocenters. The number of aromatic nitrogens is 3. The summed E-state index contributed by atoms with van der Waals surface area (Å²) in [7, 11) is 1.93. The number of nitrogens with one attached hydrogen (secondary N) is 1. The zero-order valence-electron chi connectivity index (χ0n) is 17.7. The maximum Gasteiger partial charge on any atom is 0.230 e. The number of carbonyl (C=O) groups excluding carboxylic acids is 1. The Kier molecular flexibility index (Phi) is 7.69. The highest BCUT2D eigenvalue weighted by atomic mass is 32.2. The van der Waals surface area contributed by atoms with Crippen molar-refractivity contribution in [2.75, 3.05) is 38.5 Å².